The number of carbonyl (C=O) groups excluding carboxylic acids is 3. The minimum absolute atomic E-state index is 0.0122. The molecule has 0 spiro atoms. The van der Waals surface area contributed by atoms with Gasteiger partial charge >= 0.3 is 6.09 Å². The Balaban J connectivity index is 1.21. The number of nitriles is 1. The Morgan fingerprint density at radius 2 is 1.77 bits per heavy atom. The van der Waals surface area contributed by atoms with Crippen LogP contribution in [0.25, 0.3) is 21.3 Å². The van der Waals surface area contributed by atoms with E-state index in [1.165, 1.54) is 11.3 Å². The van der Waals surface area contributed by atoms with Crippen molar-refractivity contribution in [2.75, 3.05) is 11.9 Å². The molecule has 0 saturated heterocycles. The van der Waals surface area contributed by atoms with Gasteiger partial charge in [0.05, 0.1) is 22.8 Å². The third-order valence-corrected chi connectivity index (χ3v) is 7.48. The Morgan fingerprint density at radius 1 is 1.03 bits per heavy atom. The van der Waals surface area contributed by atoms with Crippen molar-refractivity contribution in [3.8, 4) is 17.2 Å². The zero-order valence-corrected chi connectivity index (χ0v) is 21.9. The molecule has 0 aliphatic heterocycles. The molecule has 9 heteroatoms. The number of rotatable bonds is 10. The van der Waals surface area contributed by atoms with Crippen molar-refractivity contribution in [3.05, 3.63) is 83.4 Å². The molecule has 2 N–H and O–H groups in total. The van der Waals surface area contributed by atoms with Gasteiger partial charge in [-0.2, -0.15) is 5.26 Å². The molecule has 1 aromatic heterocycles. The van der Waals surface area contributed by atoms with Crippen LogP contribution in [0.1, 0.15) is 35.8 Å². The second kappa shape index (κ2) is 11.9. The van der Waals surface area contributed by atoms with Crippen LogP contribution in [0.3, 0.4) is 0 Å². The molecule has 0 bridgehead atoms. The molecule has 0 radical (unpaired) electrons. The van der Waals surface area contributed by atoms with Crippen LogP contribution in [-0.4, -0.2) is 29.3 Å². The third-order valence-electron chi connectivity index (χ3n) is 6.39. The molecule has 1 aliphatic carbocycles. The van der Waals surface area contributed by atoms with Gasteiger partial charge in [-0.3, -0.25) is 14.9 Å². The second-order valence-electron chi connectivity index (χ2n) is 9.46. The maximum Gasteiger partial charge on any atom is 0.411 e. The number of hydrogen-bond donors (Lipinski definition) is 2. The van der Waals surface area contributed by atoms with E-state index in [9.17, 15) is 19.6 Å². The fourth-order valence-electron chi connectivity index (χ4n) is 4.10. The molecule has 1 aliphatic rings. The maximum absolute atomic E-state index is 12.6. The highest BCUT2D eigenvalue weighted by Crippen LogP contribution is 2.33. The highest BCUT2D eigenvalue weighted by molar-refractivity contribution is 7.18. The van der Waals surface area contributed by atoms with Crippen LogP contribution in [0.4, 0.5) is 10.5 Å². The van der Waals surface area contributed by atoms with Gasteiger partial charge in [0.15, 0.2) is 11.7 Å². The Morgan fingerprint density at radius 3 is 2.49 bits per heavy atom. The van der Waals surface area contributed by atoms with Crippen LogP contribution >= 0.6 is 11.3 Å². The highest BCUT2D eigenvalue weighted by Gasteiger charge is 2.27. The molecule has 1 saturated carbocycles. The summed E-state index contributed by atoms with van der Waals surface area (Å²) >= 11 is 1.28. The van der Waals surface area contributed by atoms with E-state index in [4.69, 9.17) is 4.74 Å². The standard InChI is InChI=1S/C30H26N4O4S/c31-16-25(28(36)32-17-24(35)14-19-6-7-19)29-34-26-13-10-22(15-27(26)39-29)21-8-11-23(12-9-21)33-30(37)38-18-20-4-2-1-3-5-20/h1-5,8-13,15,19,25H,6-7,14,17-18H2,(H,32,36)(H,33,37). The first-order valence-corrected chi connectivity index (χ1v) is 13.5. The molecule has 3 aromatic carbocycles. The van der Waals surface area contributed by atoms with Gasteiger partial charge in [0, 0.05) is 12.1 Å². The number of amides is 2. The summed E-state index contributed by atoms with van der Waals surface area (Å²) in [5.74, 6) is -1.15. The summed E-state index contributed by atoms with van der Waals surface area (Å²) in [4.78, 5) is 41.2. The summed E-state index contributed by atoms with van der Waals surface area (Å²) in [6, 6.07) is 24.6. The van der Waals surface area contributed by atoms with Crippen molar-refractivity contribution in [1.82, 2.24) is 10.3 Å². The van der Waals surface area contributed by atoms with Gasteiger partial charge in [-0.1, -0.05) is 48.5 Å². The molecule has 5 rings (SSSR count). The largest absolute Gasteiger partial charge is 0.444 e. The summed E-state index contributed by atoms with van der Waals surface area (Å²) in [5.41, 5.74) is 4.07. The van der Waals surface area contributed by atoms with Crippen molar-refractivity contribution < 1.29 is 19.1 Å². The minimum atomic E-state index is -1.08. The van der Waals surface area contributed by atoms with Crippen molar-refractivity contribution in [1.29, 1.82) is 5.26 Å². The molecule has 39 heavy (non-hydrogen) atoms. The number of aromatic nitrogens is 1. The van der Waals surface area contributed by atoms with Crippen LogP contribution in [-0.2, 0) is 20.9 Å². The SMILES string of the molecule is N#CC(C(=O)NCC(=O)CC1CC1)c1nc2ccc(-c3ccc(NC(=O)OCc4ccccc4)cc3)cc2s1. The lowest BCUT2D eigenvalue weighted by molar-refractivity contribution is -0.125. The first-order valence-electron chi connectivity index (χ1n) is 12.7. The number of carbonyl (C=O) groups is 3. The topological polar surface area (TPSA) is 121 Å². The Hall–Kier alpha value is -4.55. The summed E-state index contributed by atoms with van der Waals surface area (Å²) in [6.07, 6.45) is 2.09. The lowest BCUT2D eigenvalue weighted by Crippen LogP contribution is -2.33. The van der Waals surface area contributed by atoms with E-state index in [0.717, 1.165) is 34.2 Å². The van der Waals surface area contributed by atoms with E-state index in [1.54, 1.807) is 12.1 Å². The Bertz CT molecular complexity index is 1540. The summed E-state index contributed by atoms with van der Waals surface area (Å²) in [7, 11) is 0. The summed E-state index contributed by atoms with van der Waals surface area (Å²) in [5, 5.41) is 15.4. The van der Waals surface area contributed by atoms with E-state index < -0.39 is 17.9 Å². The molecule has 1 fully saturated rings. The smallest absolute Gasteiger partial charge is 0.411 e. The number of ether oxygens (including phenoxy) is 1. The predicted octanol–water partition coefficient (Wildman–Crippen LogP) is 5.80. The van der Waals surface area contributed by atoms with E-state index in [0.29, 0.717) is 28.6 Å². The quantitative estimate of drug-likeness (QED) is 0.263. The van der Waals surface area contributed by atoms with Crippen molar-refractivity contribution >= 4 is 45.0 Å². The minimum Gasteiger partial charge on any atom is -0.444 e. The number of ketones is 1. The molecule has 1 heterocycles. The van der Waals surface area contributed by atoms with Crippen molar-refractivity contribution in [3.63, 3.8) is 0 Å². The van der Waals surface area contributed by atoms with E-state index >= 15 is 0 Å². The summed E-state index contributed by atoms with van der Waals surface area (Å²) < 4.78 is 6.10. The third kappa shape index (κ3) is 6.86. The molecule has 2 amide bonds. The monoisotopic (exact) mass is 538 g/mol. The van der Waals surface area contributed by atoms with E-state index in [2.05, 4.69) is 15.6 Å². The number of benzene rings is 3. The van der Waals surface area contributed by atoms with Gasteiger partial charge < -0.3 is 10.1 Å². The lowest BCUT2D eigenvalue weighted by atomic mass is 10.1. The fraction of sp³-hybridized carbons (Fsp3) is 0.233. The lowest BCUT2D eigenvalue weighted by Gasteiger charge is -2.08. The number of thiazole rings is 1. The first kappa shape index (κ1) is 26.1. The van der Waals surface area contributed by atoms with Gasteiger partial charge in [0.25, 0.3) is 0 Å². The molecular weight excluding hydrogens is 512 g/mol. The first-order chi connectivity index (χ1) is 19.0. The Kier molecular flexibility index (Phi) is 7.94. The molecule has 4 aromatic rings. The fourth-order valence-corrected chi connectivity index (χ4v) is 5.15. The Labute approximate surface area is 229 Å². The normalized spacial score (nSPS) is 13.3. The van der Waals surface area contributed by atoms with Gasteiger partial charge in [0.2, 0.25) is 5.91 Å². The second-order valence-corrected chi connectivity index (χ2v) is 10.5. The molecule has 1 atom stereocenters. The predicted molar refractivity (Wildman–Crippen MR) is 149 cm³/mol. The van der Waals surface area contributed by atoms with Crippen LogP contribution in [0.2, 0.25) is 0 Å². The number of fused-ring (bicyclic) bond motifs is 1. The number of nitrogens with zero attached hydrogens (tertiary/aromatic N) is 2. The van der Waals surface area contributed by atoms with Crippen LogP contribution in [0, 0.1) is 17.2 Å². The maximum atomic E-state index is 12.6. The zero-order valence-electron chi connectivity index (χ0n) is 21.1. The van der Waals surface area contributed by atoms with Gasteiger partial charge in [-0.15, -0.1) is 11.3 Å². The van der Waals surface area contributed by atoms with Gasteiger partial charge in [-0.05, 0) is 59.7 Å². The average Bonchev–Trinajstić information content (AvgIpc) is 3.67. The van der Waals surface area contributed by atoms with Crippen LogP contribution in [0.15, 0.2) is 72.8 Å². The molecule has 196 valence electrons. The highest BCUT2D eigenvalue weighted by atomic mass is 32.1. The summed E-state index contributed by atoms with van der Waals surface area (Å²) in [6.45, 7) is 0.132. The molecule has 8 nitrogen and oxygen atoms in total. The van der Waals surface area contributed by atoms with E-state index in [1.807, 2.05) is 66.7 Å². The molecular formula is C30H26N4O4S. The number of hydrogen-bond acceptors (Lipinski definition) is 7. The van der Waals surface area contributed by atoms with Crippen LogP contribution in [0.5, 0.6) is 0 Å². The van der Waals surface area contributed by atoms with Crippen molar-refractivity contribution in [2.24, 2.45) is 5.92 Å². The van der Waals surface area contributed by atoms with Crippen molar-refractivity contribution in [2.45, 2.75) is 31.8 Å². The number of nitrogens with one attached hydrogen (secondary N) is 2. The van der Waals surface area contributed by atoms with Crippen LogP contribution < -0.4 is 10.6 Å². The zero-order chi connectivity index (χ0) is 27.2. The van der Waals surface area contributed by atoms with Gasteiger partial charge in [-0.25, -0.2) is 9.78 Å². The number of anilines is 1. The van der Waals surface area contributed by atoms with E-state index in [-0.39, 0.29) is 18.9 Å². The average molecular weight is 539 g/mol. The van der Waals surface area contributed by atoms with Gasteiger partial charge in [0.1, 0.15) is 11.6 Å². The number of Topliss-reactive ketones (excluding diaryl/α,β-unsaturated/α-hetero) is 1. The molecule has 1 unspecified atom stereocenters.